The number of hydrogen-bond donors (Lipinski definition) is 2. The van der Waals surface area contributed by atoms with Crippen LogP contribution in [0.1, 0.15) is 48.4 Å². The monoisotopic (exact) mass is 354 g/mol. The number of benzene rings is 1. The third-order valence-electron chi connectivity index (χ3n) is 4.05. The van der Waals surface area contributed by atoms with E-state index in [-0.39, 0.29) is 11.8 Å². The first-order valence-electron chi connectivity index (χ1n) is 8.85. The third-order valence-corrected chi connectivity index (χ3v) is 4.05. The number of amides is 2. The maximum absolute atomic E-state index is 12.6. The number of aryl methyl sites for hydroxylation is 2. The van der Waals surface area contributed by atoms with Crippen molar-refractivity contribution in [2.75, 3.05) is 10.6 Å². The summed E-state index contributed by atoms with van der Waals surface area (Å²) in [4.78, 5) is 24.3. The number of rotatable bonds is 7. The highest BCUT2D eigenvalue weighted by atomic mass is 16.2. The minimum Gasteiger partial charge on any atom is -0.322 e. The number of aromatic nitrogens is 2. The summed E-state index contributed by atoms with van der Waals surface area (Å²) in [6.07, 6.45) is 5.23. The Bertz CT molecular complexity index is 821. The van der Waals surface area contributed by atoms with E-state index in [0.717, 1.165) is 36.5 Å². The normalized spacial score (nSPS) is 10.9. The van der Waals surface area contributed by atoms with Crippen molar-refractivity contribution in [1.82, 2.24) is 9.78 Å². The Labute approximate surface area is 154 Å². The smallest absolute Gasteiger partial charge is 0.255 e. The van der Waals surface area contributed by atoms with Crippen LogP contribution in [0, 0.1) is 13.8 Å². The fraction of sp³-hybridized carbons (Fsp3) is 0.350. The second kappa shape index (κ2) is 8.99. The van der Waals surface area contributed by atoms with Crippen molar-refractivity contribution < 1.29 is 9.59 Å². The number of nitrogens with zero attached hydrogens (tertiary/aromatic N) is 2. The van der Waals surface area contributed by atoms with E-state index in [4.69, 9.17) is 0 Å². The molecule has 0 atom stereocenters. The average molecular weight is 354 g/mol. The number of allylic oxidation sites excluding steroid dienone is 1. The van der Waals surface area contributed by atoms with E-state index >= 15 is 0 Å². The van der Waals surface area contributed by atoms with Gasteiger partial charge in [-0.1, -0.05) is 25.5 Å². The molecule has 1 heterocycles. The molecule has 0 saturated carbocycles. The molecule has 0 radical (unpaired) electrons. The molecule has 2 aromatic rings. The lowest BCUT2D eigenvalue weighted by Crippen LogP contribution is -2.14. The van der Waals surface area contributed by atoms with Gasteiger partial charge in [0.15, 0.2) is 0 Å². The van der Waals surface area contributed by atoms with Gasteiger partial charge in [0.2, 0.25) is 5.91 Å². The summed E-state index contributed by atoms with van der Waals surface area (Å²) in [7, 11) is 0. The standard InChI is InChI=1S/C20H26N4O2/c1-5-7-12-24-15(4)19(14(3)23-24)22-20(26)16-10-8-11-17(13-16)21-18(25)9-6-2/h6,8-11,13H,5,7,12H2,1-4H3,(H,21,25)(H,22,26)/b9-6+. The first kappa shape index (κ1) is 19.4. The number of carbonyl (C=O) groups is 2. The number of nitrogens with one attached hydrogen (secondary N) is 2. The van der Waals surface area contributed by atoms with Gasteiger partial charge in [0.05, 0.1) is 17.1 Å². The molecule has 0 saturated heterocycles. The number of anilines is 2. The van der Waals surface area contributed by atoms with E-state index in [1.54, 1.807) is 37.3 Å². The molecule has 138 valence electrons. The Hall–Kier alpha value is -2.89. The summed E-state index contributed by atoms with van der Waals surface area (Å²) in [5.74, 6) is -0.456. The van der Waals surface area contributed by atoms with Crippen molar-refractivity contribution in [3.05, 3.63) is 53.4 Å². The van der Waals surface area contributed by atoms with Crippen LogP contribution in [-0.2, 0) is 11.3 Å². The summed E-state index contributed by atoms with van der Waals surface area (Å²) in [6, 6.07) is 6.86. The number of carbonyl (C=O) groups excluding carboxylic acids is 2. The van der Waals surface area contributed by atoms with E-state index in [9.17, 15) is 9.59 Å². The molecule has 2 rings (SSSR count). The quantitative estimate of drug-likeness (QED) is 0.736. The third kappa shape index (κ3) is 4.81. The largest absolute Gasteiger partial charge is 0.322 e. The Morgan fingerprint density at radius 1 is 1.23 bits per heavy atom. The molecule has 2 amide bonds. The molecule has 0 spiro atoms. The van der Waals surface area contributed by atoms with E-state index in [2.05, 4.69) is 22.7 Å². The van der Waals surface area contributed by atoms with Gasteiger partial charge >= 0.3 is 0 Å². The number of hydrogen-bond acceptors (Lipinski definition) is 3. The van der Waals surface area contributed by atoms with E-state index in [1.807, 2.05) is 18.5 Å². The van der Waals surface area contributed by atoms with Gasteiger partial charge in [-0.15, -0.1) is 0 Å². The Morgan fingerprint density at radius 3 is 2.69 bits per heavy atom. The lowest BCUT2D eigenvalue weighted by atomic mass is 10.1. The Balaban J connectivity index is 2.15. The van der Waals surface area contributed by atoms with Crippen LogP contribution in [0.3, 0.4) is 0 Å². The van der Waals surface area contributed by atoms with Gasteiger partial charge in [-0.05, 0) is 51.5 Å². The van der Waals surface area contributed by atoms with Gasteiger partial charge in [0.25, 0.3) is 5.91 Å². The van der Waals surface area contributed by atoms with Gasteiger partial charge < -0.3 is 10.6 Å². The molecule has 6 nitrogen and oxygen atoms in total. The van der Waals surface area contributed by atoms with Crippen molar-refractivity contribution in [3.8, 4) is 0 Å². The second-order valence-electron chi connectivity index (χ2n) is 6.15. The molecule has 0 aliphatic heterocycles. The maximum Gasteiger partial charge on any atom is 0.255 e. The lowest BCUT2D eigenvalue weighted by Gasteiger charge is -2.08. The van der Waals surface area contributed by atoms with E-state index < -0.39 is 0 Å². The zero-order valence-corrected chi connectivity index (χ0v) is 15.8. The molecular weight excluding hydrogens is 328 g/mol. The number of unbranched alkanes of at least 4 members (excludes halogenated alkanes) is 1. The van der Waals surface area contributed by atoms with Crippen LogP contribution in [-0.4, -0.2) is 21.6 Å². The minimum atomic E-state index is -0.228. The van der Waals surface area contributed by atoms with Crippen LogP contribution < -0.4 is 10.6 Å². The molecule has 0 aliphatic carbocycles. The topological polar surface area (TPSA) is 76.0 Å². The van der Waals surface area contributed by atoms with Crippen LogP contribution in [0.4, 0.5) is 11.4 Å². The fourth-order valence-electron chi connectivity index (χ4n) is 2.66. The summed E-state index contributed by atoms with van der Waals surface area (Å²) in [5.41, 5.74) is 3.54. The molecular formula is C20H26N4O2. The molecule has 1 aromatic carbocycles. The second-order valence-corrected chi connectivity index (χ2v) is 6.15. The average Bonchev–Trinajstić information content (AvgIpc) is 2.87. The van der Waals surface area contributed by atoms with Gasteiger partial charge in [-0.2, -0.15) is 5.10 Å². The highest BCUT2D eigenvalue weighted by Crippen LogP contribution is 2.21. The predicted molar refractivity (Wildman–Crippen MR) is 104 cm³/mol. The van der Waals surface area contributed by atoms with E-state index in [1.165, 1.54) is 6.08 Å². The maximum atomic E-state index is 12.6. The lowest BCUT2D eigenvalue weighted by molar-refractivity contribution is -0.111. The zero-order chi connectivity index (χ0) is 19.1. The molecule has 6 heteroatoms. The molecule has 26 heavy (non-hydrogen) atoms. The van der Waals surface area contributed by atoms with Crippen LogP contribution in [0.25, 0.3) is 0 Å². The van der Waals surface area contributed by atoms with Crippen LogP contribution in [0.5, 0.6) is 0 Å². The molecule has 2 N–H and O–H groups in total. The molecule has 0 aliphatic rings. The summed E-state index contributed by atoms with van der Waals surface area (Å²) in [5, 5.41) is 10.2. The predicted octanol–water partition coefficient (Wildman–Crippen LogP) is 4.07. The summed E-state index contributed by atoms with van der Waals surface area (Å²) in [6.45, 7) is 8.59. The molecule has 0 bridgehead atoms. The van der Waals surface area contributed by atoms with Crippen LogP contribution >= 0.6 is 0 Å². The molecule has 0 unspecified atom stereocenters. The highest BCUT2D eigenvalue weighted by Gasteiger charge is 2.15. The fourth-order valence-corrected chi connectivity index (χ4v) is 2.66. The van der Waals surface area contributed by atoms with Crippen molar-refractivity contribution in [2.45, 2.75) is 47.1 Å². The SMILES string of the molecule is C/C=C/C(=O)Nc1cccc(C(=O)Nc2c(C)nn(CCCC)c2C)c1. The van der Waals surface area contributed by atoms with E-state index in [0.29, 0.717) is 11.3 Å². The van der Waals surface area contributed by atoms with Gasteiger partial charge in [0.1, 0.15) is 0 Å². The first-order chi connectivity index (χ1) is 12.5. The Morgan fingerprint density at radius 2 is 2.00 bits per heavy atom. The molecule has 0 fully saturated rings. The minimum absolute atomic E-state index is 0.228. The van der Waals surface area contributed by atoms with Crippen LogP contribution in [0.15, 0.2) is 36.4 Å². The summed E-state index contributed by atoms with van der Waals surface area (Å²) >= 11 is 0. The van der Waals surface area contributed by atoms with Crippen molar-refractivity contribution >= 4 is 23.2 Å². The summed E-state index contributed by atoms with van der Waals surface area (Å²) < 4.78 is 1.93. The van der Waals surface area contributed by atoms with Crippen molar-refractivity contribution in [1.29, 1.82) is 0 Å². The van der Waals surface area contributed by atoms with Gasteiger partial charge in [-0.3, -0.25) is 14.3 Å². The Kier molecular flexibility index (Phi) is 6.72. The highest BCUT2D eigenvalue weighted by molar-refractivity contribution is 6.06. The zero-order valence-electron chi connectivity index (χ0n) is 15.8. The van der Waals surface area contributed by atoms with Crippen LogP contribution in [0.2, 0.25) is 0 Å². The van der Waals surface area contributed by atoms with Gasteiger partial charge in [-0.25, -0.2) is 0 Å². The first-order valence-corrected chi connectivity index (χ1v) is 8.85. The van der Waals surface area contributed by atoms with Gasteiger partial charge in [0, 0.05) is 17.8 Å². The molecule has 1 aromatic heterocycles. The van der Waals surface area contributed by atoms with Crippen molar-refractivity contribution in [2.24, 2.45) is 0 Å². The van der Waals surface area contributed by atoms with Crippen molar-refractivity contribution in [3.63, 3.8) is 0 Å².